The molecule has 4 nitrogen and oxygen atoms in total. The zero-order chi connectivity index (χ0) is 9.42. The predicted octanol–water partition coefficient (Wildman–Crippen LogP) is 1.95. The standard InChI is InChI=1S/C9H10N2O2/c1-6-4-7-2-3-8(11(12)13)5-9(7)10-6/h2-3,5-6,10H,4H2,1H3/t6-/m0/s1. The Bertz CT molecular complexity index is 363. The fourth-order valence-electron chi connectivity index (χ4n) is 1.64. The second-order valence-electron chi connectivity index (χ2n) is 3.35. The van der Waals surface area contributed by atoms with Crippen LogP contribution < -0.4 is 5.32 Å². The molecule has 0 unspecified atom stereocenters. The van der Waals surface area contributed by atoms with Gasteiger partial charge in [-0.3, -0.25) is 10.1 Å². The first-order valence-corrected chi connectivity index (χ1v) is 4.20. The number of nitro groups is 1. The van der Waals surface area contributed by atoms with E-state index >= 15 is 0 Å². The molecule has 0 amide bonds. The summed E-state index contributed by atoms with van der Waals surface area (Å²) in [4.78, 5) is 10.1. The first-order valence-electron chi connectivity index (χ1n) is 4.20. The Morgan fingerprint density at radius 1 is 1.62 bits per heavy atom. The van der Waals surface area contributed by atoms with Gasteiger partial charge in [-0.25, -0.2) is 0 Å². The van der Waals surface area contributed by atoms with Crippen LogP contribution in [0.4, 0.5) is 11.4 Å². The molecule has 0 radical (unpaired) electrons. The van der Waals surface area contributed by atoms with Crippen molar-refractivity contribution in [3.8, 4) is 0 Å². The van der Waals surface area contributed by atoms with Crippen LogP contribution in [0.5, 0.6) is 0 Å². The molecule has 1 aliphatic heterocycles. The van der Waals surface area contributed by atoms with E-state index < -0.39 is 0 Å². The lowest BCUT2D eigenvalue weighted by atomic mass is 10.1. The summed E-state index contributed by atoms with van der Waals surface area (Å²) in [6.45, 7) is 2.06. The van der Waals surface area contributed by atoms with Gasteiger partial charge in [-0.2, -0.15) is 0 Å². The van der Waals surface area contributed by atoms with E-state index in [0.29, 0.717) is 6.04 Å². The minimum atomic E-state index is -0.370. The van der Waals surface area contributed by atoms with Gasteiger partial charge in [-0.15, -0.1) is 0 Å². The monoisotopic (exact) mass is 178 g/mol. The zero-order valence-corrected chi connectivity index (χ0v) is 7.28. The lowest BCUT2D eigenvalue weighted by molar-refractivity contribution is -0.384. The van der Waals surface area contributed by atoms with E-state index in [2.05, 4.69) is 12.2 Å². The maximum atomic E-state index is 10.5. The van der Waals surface area contributed by atoms with Gasteiger partial charge in [0.2, 0.25) is 0 Å². The molecule has 0 spiro atoms. The second-order valence-corrected chi connectivity index (χ2v) is 3.35. The van der Waals surface area contributed by atoms with E-state index in [1.807, 2.05) is 6.07 Å². The first kappa shape index (κ1) is 8.04. The van der Waals surface area contributed by atoms with Crippen molar-refractivity contribution in [1.29, 1.82) is 0 Å². The van der Waals surface area contributed by atoms with Crippen LogP contribution in [0.15, 0.2) is 18.2 Å². The summed E-state index contributed by atoms with van der Waals surface area (Å²) in [5.74, 6) is 0. The van der Waals surface area contributed by atoms with Gasteiger partial charge in [0.15, 0.2) is 0 Å². The van der Waals surface area contributed by atoms with Crippen LogP contribution in [0.1, 0.15) is 12.5 Å². The fraction of sp³-hybridized carbons (Fsp3) is 0.333. The van der Waals surface area contributed by atoms with E-state index in [-0.39, 0.29) is 10.6 Å². The molecule has 0 aliphatic carbocycles. The van der Waals surface area contributed by atoms with E-state index in [1.54, 1.807) is 12.1 Å². The van der Waals surface area contributed by atoms with Crippen LogP contribution in [-0.4, -0.2) is 11.0 Å². The van der Waals surface area contributed by atoms with Crippen molar-refractivity contribution in [2.75, 3.05) is 5.32 Å². The van der Waals surface area contributed by atoms with Crippen LogP contribution in [0.2, 0.25) is 0 Å². The van der Waals surface area contributed by atoms with E-state index in [9.17, 15) is 10.1 Å². The molecule has 13 heavy (non-hydrogen) atoms. The van der Waals surface area contributed by atoms with Crippen LogP contribution in [0.25, 0.3) is 0 Å². The van der Waals surface area contributed by atoms with E-state index in [0.717, 1.165) is 17.7 Å². The molecular formula is C9H10N2O2. The summed E-state index contributed by atoms with van der Waals surface area (Å²) in [7, 11) is 0. The quantitative estimate of drug-likeness (QED) is 0.528. The molecule has 0 saturated heterocycles. The van der Waals surface area contributed by atoms with Crippen LogP contribution in [0, 0.1) is 10.1 Å². The summed E-state index contributed by atoms with van der Waals surface area (Å²) in [6, 6.07) is 5.36. The van der Waals surface area contributed by atoms with E-state index in [4.69, 9.17) is 0 Å². The van der Waals surface area contributed by atoms with Gasteiger partial charge in [0.25, 0.3) is 5.69 Å². The lowest BCUT2D eigenvalue weighted by Crippen LogP contribution is -2.08. The highest BCUT2D eigenvalue weighted by atomic mass is 16.6. The molecule has 0 fully saturated rings. The molecule has 4 heteroatoms. The van der Waals surface area contributed by atoms with Gasteiger partial charge in [0.1, 0.15) is 0 Å². The number of benzene rings is 1. The number of non-ortho nitro benzene ring substituents is 1. The number of nitrogens with zero attached hydrogens (tertiary/aromatic N) is 1. The maximum absolute atomic E-state index is 10.5. The van der Waals surface area contributed by atoms with Crippen molar-refractivity contribution in [3.63, 3.8) is 0 Å². The largest absolute Gasteiger partial charge is 0.382 e. The third-order valence-corrected chi connectivity index (χ3v) is 2.23. The summed E-state index contributed by atoms with van der Waals surface area (Å²) < 4.78 is 0. The summed E-state index contributed by atoms with van der Waals surface area (Å²) in [5.41, 5.74) is 2.22. The average molecular weight is 178 g/mol. The van der Waals surface area contributed by atoms with Crippen LogP contribution in [-0.2, 0) is 6.42 Å². The SMILES string of the molecule is C[C@H]1Cc2ccc([N+](=O)[O-])cc2N1. The number of hydrogen-bond donors (Lipinski definition) is 1. The van der Waals surface area contributed by atoms with Crippen molar-refractivity contribution in [1.82, 2.24) is 0 Å². The average Bonchev–Trinajstić information content (AvgIpc) is 2.42. The summed E-state index contributed by atoms with van der Waals surface area (Å²) >= 11 is 0. The topological polar surface area (TPSA) is 55.2 Å². The third-order valence-electron chi connectivity index (χ3n) is 2.23. The molecule has 1 atom stereocenters. The van der Waals surface area contributed by atoms with Crippen LogP contribution >= 0.6 is 0 Å². The number of anilines is 1. The maximum Gasteiger partial charge on any atom is 0.271 e. The highest BCUT2D eigenvalue weighted by molar-refractivity contribution is 5.61. The van der Waals surface area contributed by atoms with Crippen molar-refractivity contribution >= 4 is 11.4 Å². The Kier molecular flexibility index (Phi) is 1.69. The molecule has 1 aromatic carbocycles. The zero-order valence-electron chi connectivity index (χ0n) is 7.28. The third kappa shape index (κ3) is 1.35. The minimum Gasteiger partial charge on any atom is -0.382 e. The van der Waals surface area contributed by atoms with Gasteiger partial charge in [-0.05, 0) is 18.9 Å². The van der Waals surface area contributed by atoms with Gasteiger partial charge in [-0.1, -0.05) is 6.07 Å². The van der Waals surface area contributed by atoms with Gasteiger partial charge in [0, 0.05) is 23.9 Å². The smallest absolute Gasteiger partial charge is 0.271 e. The molecular weight excluding hydrogens is 168 g/mol. The highest BCUT2D eigenvalue weighted by Crippen LogP contribution is 2.29. The second kappa shape index (κ2) is 2.73. The molecule has 1 N–H and O–H groups in total. The van der Waals surface area contributed by atoms with Gasteiger partial charge in [0.05, 0.1) is 4.92 Å². The van der Waals surface area contributed by atoms with Gasteiger partial charge >= 0.3 is 0 Å². The Hall–Kier alpha value is -1.58. The summed E-state index contributed by atoms with van der Waals surface area (Å²) in [6.07, 6.45) is 0.952. The Labute approximate surface area is 75.7 Å². The van der Waals surface area contributed by atoms with Crippen LogP contribution in [0.3, 0.4) is 0 Å². The van der Waals surface area contributed by atoms with Crippen molar-refractivity contribution in [3.05, 3.63) is 33.9 Å². The van der Waals surface area contributed by atoms with E-state index in [1.165, 1.54) is 0 Å². The molecule has 0 saturated carbocycles. The Balaban J connectivity index is 2.40. The van der Waals surface area contributed by atoms with Crippen molar-refractivity contribution in [2.45, 2.75) is 19.4 Å². The fourth-order valence-corrected chi connectivity index (χ4v) is 1.64. The number of hydrogen-bond acceptors (Lipinski definition) is 3. The molecule has 2 rings (SSSR count). The Morgan fingerprint density at radius 2 is 2.38 bits per heavy atom. The van der Waals surface area contributed by atoms with Crippen molar-refractivity contribution in [2.24, 2.45) is 0 Å². The number of fused-ring (bicyclic) bond motifs is 1. The number of nitrogens with one attached hydrogen (secondary N) is 1. The molecule has 0 aromatic heterocycles. The molecule has 1 heterocycles. The molecule has 1 aromatic rings. The first-order chi connectivity index (χ1) is 6.16. The lowest BCUT2D eigenvalue weighted by Gasteiger charge is -2.01. The van der Waals surface area contributed by atoms with Gasteiger partial charge < -0.3 is 5.32 Å². The van der Waals surface area contributed by atoms with Crippen molar-refractivity contribution < 1.29 is 4.92 Å². The molecule has 68 valence electrons. The normalized spacial score (nSPS) is 19.3. The highest BCUT2D eigenvalue weighted by Gasteiger charge is 2.19. The number of rotatable bonds is 1. The summed E-state index contributed by atoms with van der Waals surface area (Å²) in [5, 5.41) is 13.6. The number of nitro benzene ring substituents is 1. The molecule has 0 bridgehead atoms. The Morgan fingerprint density at radius 3 is 3.08 bits per heavy atom. The predicted molar refractivity (Wildman–Crippen MR) is 49.9 cm³/mol. The molecule has 1 aliphatic rings. The minimum absolute atomic E-state index is 0.153.